The second kappa shape index (κ2) is 8.54. The summed E-state index contributed by atoms with van der Waals surface area (Å²) in [5.74, 6) is 2.14. The Morgan fingerprint density at radius 3 is 2.48 bits per heavy atom. The molecule has 4 rings (SSSR count). The van der Waals surface area contributed by atoms with Crippen LogP contribution in [0.2, 0.25) is 0 Å². The third-order valence-corrected chi connectivity index (χ3v) is 5.09. The minimum Gasteiger partial charge on any atom is -0.366 e. The van der Waals surface area contributed by atoms with Crippen molar-refractivity contribution in [2.24, 2.45) is 5.73 Å². The quantitative estimate of drug-likeness (QED) is 0.462. The first-order chi connectivity index (χ1) is 15.8. The fourth-order valence-corrected chi connectivity index (χ4v) is 3.51. The summed E-state index contributed by atoms with van der Waals surface area (Å²) >= 11 is 0. The molecule has 0 aliphatic heterocycles. The Balaban J connectivity index is 2.09. The Hall–Kier alpha value is -3.94. The van der Waals surface area contributed by atoms with Gasteiger partial charge in [-0.05, 0) is 31.0 Å². The van der Waals surface area contributed by atoms with Crippen molar-refractivity contribution in [1.82, 2.24) is 19.1 Å². The van der Waals surface area contributed by atoms with Crippen LogP contribution in [-0.4, -0.2) is 36.9 Å². The molecule has 0 aliphatic carbocycles. The molecule has 168 valence electrons. The van der Waals surface area contributed by atoms with E-state index in [2.05, 4.69) is 16.0 Å². The lowest BCUT2D eigenvalue weighted by atomic mass is 9.94. The van der Waals surface area contributed by atoms with Crippen LogP contribution in [-0.2, 0) is 12.0 Å². The monoisotopic (exact) mass is 453 g/mol. The van der Waals surface area contributed by atoms with Crippen molar-refractivity contribution >= 4 is 11.0 Å². The second-order valence-electron chi connectivity index (χ2n) is 7.16. The van der Waals surface area contributed by atoms with Crippen molar-refractivity contribution in [2.45, 2.75) is 18.2 Å². The highest BCUT2D eigenvalue weighted by Gasteiger charge is 2.54. The smallest absolute Gasteiger partial charge is 0.366 e. The van der Waals surface area contributed by atoms with E-state index in [1.165, 1.54) is 53.8 Å². The highest BCUT2D eigenvalue weighted by molar-refractivity contribution is 5.79. The average Bonchev–Trinajstić information content (AvgIpc) is 3.34. The van der Waals surface area contributed by atoms with Gasteiger partial charge in [0.2, 0.25) is 5.60 Å². The number of benzene rings is 1. The van der Waals surface area contributed by atoms with E-state index in [9.17, 15) is 23.1 Å². The number of aliphatic hydroxyl groups is 1. The molecule has 33 heavy (non-hydrogen) atoms. The highest BCUT2D eigenvalue weighted by Crippen LogP contribution is 2.38. The van der Waals surface area contributed by atoms with Crippen LogP contribution in [0.3, 0.4) is 0 Å². The van der Waals surface area contributed by atoms with E-state index in [0.717, 1.165) is 16.7 Å². The Labute approximate surface area is 185 Å². The molecule has 4 aromatic rings. The van der Waals surface area contributed by atoms with Gasteiger partial charge in [0.1, 0.15) is 12.1 Å². The number of fused-ring (bicyclic) bond motifs is 1. The molecule has 1 atom stereocenters. The van der Waals surface area contributed by atoms with Crippen LogP contribution in [0.1, 0.15) is 11.1 Å². The largest absolute Gasteiger partial charge is 0.433 e. The first-order valence-corrected chi connectivity index (χ1v) is 9.86. The topological polar surface area (TPSA) is 99.0 Å². The molecule has 0 amide bonds. The first kappa shape index (κ1) is 22.3. The minimum atomic E-state index is -5.10. The third-order valence-electron chi connectivity index (χ3n) is 5.09. The lowest BCUT2D eigenvalue weighted by Gasteiger charge is -2.25. The predicted molar refractivity (Wildman–Crippen MR) is 115 cm³/mol. The summed E-state index contributed by atoms with van der Waals surface area (Å²) in [7, 11) is 0. The Morgan fingerprint density at radius 1 is 1.09 bits per heavy atom. The molecule has 0 saturated heterocycles. The maximum atomic E-state index is 14.0. The standard InChI is InChI=1S/C23H18F3N5O2/c24-23(25,26)22(33,16-5-2-1-3-6-16)9-13-31-20-17(7-4-11-29-20)19(32)18(8-10-27)21(31)30-14-12-28-15-30/h1-7,11-12,14-15,33H,8,10,27H2. The molecular formula is C23H18F3N5O2. The van der Waals surface area contributed by atoms with Gasteiger partial charge in [-0.1, -0.05) is 30.3 Å². The molecule has 3 aromatic heterocycles. The number of rotatable bonds is 4. The number of imidazole rings is 1. The summed E-state index contributed by atoms with van der Waals surface area (Å²) in [6.07, 6.45) is 0.796. The summed E-state index contributed by atoms with van der Waals surface area (Å²) in [6, 6.07) is 12.0. The highest BCUT2D eigenvalue weighted by atomic mass is 19.4. The summed E-state index contributed by atoms with van der Waals surface area (Å²) in [6.45, 7) is 0.118. The minimum absolute atomic E-state index is 0.0389. The van der Waals surface area contributed by atoms with E-state index in [1.807, 2.05) is 5.92 Å². The number of nitrogens with two attached hydrogens (primary N) is 1. The van der Waals surface area contributed by atoms with E-state index >= 15 is 0 Å². The molecule has 0 fully saturated rings. The average molecular weight is 453 g/mol. The van der Waals surface area contributed by atoms with Gasteiger partial charge < -0.3 is 10.8 Å². The normalized spacial score (nSPS) is 13.4. The maximum absolute atomic E-state index is 14.0. The van der Waals surface area contributed by atoms with Gasteiger partial charge >= 0.3 is 6.18 Å². The van der Waals surface area contributed by atoms with Crippen molar-refractivity contribution in [2.75, 3.05) is 6.54 Å². The van der Waals surface area contributed by atoms with E-state index in [1.54, 1.807) is 6.07 Å². The van der Waals surface area contributed by atoms with Crippen molar-refractivity contribution in [3.05, 3.63) is 88.7 Å². The Bertz CT molecular complexity index is 1400. The summed E-state index contributed by atoms with van der Waals surface area (Å²) in [4.78, 5) is 21.3. The van der Waals surface area contributed by atoms with E-state index < -0.39 is 17.3 Å². The summed E-state index contributed by atoms with van der Waals surface area (Å²) in [5.41, 5.74) is 1.73. The molecule has 10 heteroatoms. The predicted octanol–water partition coefficient (Wildman–Crippen LogP) is 2.34. The molecule has 0 saturated carbocycles. The van der Waals surface area contributed by atoms with Crippen molar-refractivity contribution in [1.29, 1.82) is 0 Å². The number of nitrogens with zero attached hydrogens (tertiary/aromatic N) is 4. The third kappa shape index (κ3) is 3.88. The number of aromatic nitrogens is 4. The van der Waals surface area contributed by atoms with Crippen LogP contribution < -0.4 is 11.2 Å². The van der Waals surface area contributed by atoms with Crippen molar-refractivity contribution in [3.8, 4) is 17.8 Å². The molecule has 3 heterocycles. The molecule has 0 bridgehead atoms. The van der Waals surface area contributed by atoms with Crippen molar-refractivity contribution < 1.29 is 18.3 Å². The van der Waals surface area contributed by atoms with E-state index in [0.29, 0.717) is 0 Å². The summed E-state index contributed by atoms with van der Waals surface area (Å²) < 4.78 is 44.6. The fourth-order valence-electron chi connectivity index (χ4n) is 3.51. The van der Waals surface area contributed by atoms with E-state index in [4.69, 9.17) is 5.73 Å². The lowest BCUT2D eigenvalue weighted by Crippen LogP contribution is -2.41. The molecule has 1 aromatic carbocycles. The van der Waals surface area contributed by atoms with Gasteiger partial charge in [0.15, 0.2) is 11.1 Å². The first-order valence-electron chi connectivity index (χ1n) is 9.86. The van der Waals surface area contributed by atoms with Crippen LogP contribution in [0.4, 0.5) is 13.2 Å². The van der Waals surface area contributed by atoms with Crippen LogP contribution in [0.25, 0.3) is 16.9 Å². The van der Waals surface area contributed by atoms with Crippen LogP contribution in [0.5, 0.6) is 0 Å². The zero-order chi connectivity index (χ0) is 23.6. The number of halogens is 3. The maximum Gasteiger partial charge on any atom is 0.433 e. The second-order valence-corrected chi connectivity index (χ2v) is 7.16. The van der Waals surface area contributed by atoms with E-state index in [-0.39, 0.29) is 40.8 Å². The van der Waals surface area contributed by atoms with Crippen LogP contribution in [0.15, 0.2) is 72.2 Å². The number of hydrogen-bond acceptors (Lipinski definition) is 5. The van der Waals surface area contributed by atoms with Crippen LogP contribution in [0, 0.1) is 12.0 Å². The molecule has 1 unspecified atom stereocenters. The molecule has 0 radical (unpaired) electrons. The van der Waals surface area contributed by atoms with Gasteiger partial charge in [0.25, 0.3) is 0 Å². The summed E-state index contributed by atoms with van der Waals surface area (Å²) in [5, 5.41) is 10.8. The van der Waals surface area contributed by atoms with Crippen molar-refractivity contribution in [3.63, 3.8) is 0 Å². The number of alkyl halides is 3. The SMILES string of the molecule is NCCc1c(-n2ccnc2)n(C#CC(O)(c2ccccc2)C(F)(F)F)c2ncccc2c1=O. The van der Waals surface area contributed by atoms with Gasteiger partial charge in [-0.15, -0.1) is 0 Å². The van der Waals surface area contributed by atoms with Gasteiger partial charge in [-0.2, -0.15) is 13.2 Å². The Morgan fingerprint density at radius 2 is 1.85 bits per heavy atom. The van der Waals surface area contributed by atoms with Crippen LogP contribution >= 0.6 is 0 Å². The zero-order valence-electron chi connectivity index (χ0n) is 17.1. The van der Waals surface area contributed by atoms with Gasteiger partial charge in [0, 0.05) is 35.8 Å². The van der Waals surface area contributed by atoms with Gasteiger partial charge in [0.05, 0.1) is 5.39 Å². The van der Waals surface area contributed by atoms with Gasteiger partial charge in [-0.25, -0.2) is 14.5 Å². The molecular weight excluding hydrogens is 435 g/mol. The number of hydrogen-bond donors (Lipinski definition) is 2. The molecule has 3 N–H and O–H groups in total. The molecule has 0 aliphatic rings. The number of pyridine rings is 2. The molecule has 0 spiro atoms. The van der Waals surface area contributed by atoms with Gasteiger partial charge in [-0.3, -0.25) is 9.36 Å². The Kier molecular flexibility index (Phi) is 5.76. The molecule has 7 nitrogen and oxygen atoms in total. The zero-order valence-corrected chi connectivity index (χ0v) is 17.1. The fraction of sp³-hybridized carbons (Fsp3) is 0.174. The lowest BCUT2D eigenvalue weighted by molar-refractivity contribution is -0.240.